The molecule has 0 rings (SSSR count). The summed E-state index contributed by atoms with van der Waals surface area (Å²) >= 11 is 0. The number of hydrogen-bond donors (Lipinski definition) is 6. The Hall–Kier alpha value is -3.26. The first kappa shape index (κ1) is 24.7. The van der Waals surface area contributed by atoms with E-state index in [9.17, 15) is 28.8 Å². The highest BCUT2D eigenvalue weighted by Crippen LogP contribution is 1.92. The third-order valence-corrected chi connectivity index (χ3v) is 3.03. The quantitative estimate of drug-likeness (QED) is 0.154. The standard InChI is InChI=1S/C14H22N4O10/c19-9(16-1-2-17(6-12(23)24)7-13(25)26)5-18(8-14(27)28)10(20)3-15-4-11(21)22/h15H,1-8H2,(H,16,19)(H,21,22)(H,23,24)(H,25,26)(H,27,28). The Labute approximate surface area is 158 Å². The molecule has 0 saturated carbocycles. The smallest absolute Gasteiger partial charge is 0.323 e. The minimum Gasteiger partial charge on any atom is -0.480 e. The molecule has 0 spiro atoms. The molecule has 0 aliphatic carbocycles. The Kier molecular flexibility index (Phi) is 11.5. The average molecular weight is 406 g/mol. The van der Waals surface area contributed by atoms with Crippen LogP contribution in [0, 0.1) is 0 Å². The van der Waals surface area contributed by atoms with Crippen LogP contribution in [0.15, 0.2) is 0 Å². The van der Waals surface area contributed by atoms with Gasteiger partial charge in [-0.1, -0.05) is 0 Å². The molecule has 0 bridgehead atoms. The first-order valence-corrected chi connectivity index (χ1v) is 7.86. The number of carboxylic acid groups (broad SMARTS) is 4. The Morgan fingerprint density at radius 2 is 1.21 bits per heavy atom. The number of carboxylic acids is 4. The Morgan fingerprint density at radius 1 is 0.679 bits per heavy atom. The lowest BCUT2D eigenvalue weighted by Gasteiger charge is -2.21. The molecule has 0 saturated heterocycles. The zero-order chi connectivity index (χ0) is 21.7. The molecule has 0 aliphatic heterocycles. The minimum atomic E-state index is -1.38. The zero-order valence-corrected chi connectivity index (χ0v) is 14.8. The molecule has 14 heteroatoms. The molecule has 0 atom stereocenters. The highest BCUT2D eigenvalue weighted by molar-refractivity contribution is 5.88. The van der Waals surface area contributed by atoms with E-state index in [1.807, 2.05) is 0 Å². The van der Waals surface area contributed by atoms with Crippen LogP contribution in [0.25, 0.3) is 0 Å². The fourth-order valence-corrected chi connectivity index (χ4v) is 1.96. The van der Waals surface area contributed by atoms with Gasteiger partial charge < -0.3 is 30.6 Å². The van der Waals surface area contributed by atoms with Crippen LogP contribution in [0.5, 0.6) is 0 Å². The van der Waals surface area contributed by atoms with Crippen LogP contribution in [0.1, 0.15) is 0 Å². The van der Waals surface area contributed by atoms with Gasteiger partial charge in [-0.2, -0.15) is 0 Å². The van der Waals surface area contributed by atoms with Crippen molar-refractivity contribution in [2.75, 3.05) is 52.4 Å². The SMILES string of the molecule is O=C(O)CNCC(=O)N(CC(=O)O)CC(=O)NCCN(CC(=O)O)CC(=O)O. The second-order valence-corrected chi connectivity index (χ2v) is 5.49. The van der Waals surface area contributed by atoms with Gasteiger partial charge >= 0.3 is 23.9 Å². The normalized spacial score (nSPS) is 10.3. The Morgan fingerprint density at radius 3 is 1.68 bits per heavy atom. The van der Waals surface area contributed by atoms with Gasteiger partial charge in [-0.15, -0.1) is 0 Å². The van der Waals surface area contributed by atoms with Crippen LogP contribution < -0.4 is 10.6 Å². The van der Waals surface area contributed by atoms with Gasteiger partial charge in [0.1, 0.15) is 13.1 Å². The highest BCUT2D eigenvalue weighted by Gasteiger charge is 2.20. The number of nitrogens with one attached hydrogen (secondary N) is 2. The molecule has 0 unspecified atom stereocenters. The number of rotatable bonds is 15. The van der Waals surface area contributed by atoms with Gasteiger partial charge in [0.15, 0.2) is 0 Å². The number of hydrogen-bond acceptors (Lipinski definition) is 8. The average Bonchev–Trinajstić information content (AvgIpc) is 2.51. The highest BCUT2D eigenvalue weighted by atomic mass is 16.4. The second kappa shape index (κ2) is 13.0. The molecule has 0 aromatic rings. The summed E-state index contributed by atoms with van der Waals surface area (Å²) in [5, 5.41) is 39.3. The third-order valence-electron chi connectivity index (χ3n) is 3.03. The molecule has 0 aromatic heterocycles. The topological polar surface area (TPSA) is 214 Å². The van der Waals surface area contributed by atoms with E-state index in [1.165, 1.54) is 0 Å². The Balaban J connectivity index is 4.57. The van der Waals surface area contributed by atoms with E-state index in [4.69, 9.17) is 20.4 Å². The number of nitrogens with zero attached hydrogens (tertiary/aromatic N) is 2. The Bertz CT molecular complexity index is 593. The maximum atomic E-state index is 11.9. The molecule has 158 valence electrons. The summed E-state index contributed by atoms with van der Waals surface area (Å²) in [5.41, 5.74) is 0. The summed E-state index contributed by atoms with van der Waals surface area (Å²) in [5.74, 6) is -6.66. The van der Waals surface area contributed by atoms with Crippen LogP contribution in [0.4, 0.5) is 0 Å². The largest absolute Gasteiger partial charge is 0.480 e. The van der Waals surface area contributed by atoms with Gasteiger partial charge in [-0.3, -0.25) is 39.0 Å². The van der Waals surface area contributed by atoms with Gasteiger partial charge in [0.05, 0.1) is 26.2 Å². The van der Waals surface area contributed by atoms with Crippen molar-refractivity contribution in [3.8, 4) is 0 Å². The van der Waals surface area contributed by atoms with Crippen molar-refractivity contribution in [1.82, 2.24) is 20.4 Å². The van der Waals surface area contributed by atoms with Crippen molar-refractivity contribution in [2.24, 2.45) is 0 Å². The van der Waals surface area contributed by atoms with E-state index < -0.39 is 75.0 Å². The number of aliphatic carboxylic acids is 4. The first-order valence-electron chi connectivity index (χ1n) is 7.86. The molecule has 28 heavy (non-hydrogen) atoms. The monoisotopic (exact) mass is 406 g/mol. The summed E-state index contributed by atoms with van der Waals surface area (Å²) in [7, 11) is 0. The molecule has 2 amide bonds. The van der Waals surface area contributed by atoms with Crippen molar-refractivity contribution in [2.45, 2.75) is 0 Å². The lowest BCUT2D eigenvalue weighted by atomic mass is 10.4. The summed E-state index contributed by atoms with van der Waals surface area (Å²) < 4.78 is 0. The summed E-state index contributed by atoms with van der Waals surface area (Å²) in [6.07, 6.45) is 0. The van der Waals surface area contributed by atoms with Crippen molar-refractivity contribution >= 4 is 35.7 Å². The van der Waals surface area contributed by atoms with Crippen LogP contribution in [-0.2, 0) is 28.8 Å². The van der Waals surface area contributed by atoms with Crippen LogP contribution in [-0.4, -0.2) is 118 Å². The van der Waals surface area contributed by atoms with E-state index in [1.54, 1.807) is 0 Å². The molecule has 0 radical (unpaired) electrons. The predicted octanol–water partition coefficient (Wildman–Crippen LogP) is -3.84. The summed E-state index contributed by atoms with van der Waals surface area (Å²) in [4.78, 5) is 68.1. The van der Waals surface area contributed by atoms with Crippen LogP contribution in [0.3, 0.4) is 0 Å². The van der Waals surface area contributed by atoms with Crippen molar-refractivity contribution in [3.63, 3.8) is 0 Å². The first-order chi connectivity index (χ1) is 13.0. The maximum Gasteiger partial charge on any atom is 0.323 e. The number of amides is 2. The minimum absolute atomic E-state index is 0.0998. The van der Waals surface area contributed by atoms with Crippen molar-refractivity contribution < 1.29 is 49.2 Å². The fourth-order valence-electron chi connectivity index (χ4n) is 1.96. The van der Waals surface area contributed by atoms with E-state index in [0.29, 0.717) is 4.90 Å². The van der Waals surface area contributed by atoms with E-state index in [2.05, 4.69) is 10.6 Å². The fraction of sp³-hybridized carbons (Fsp3) is 0.571. The molecule has 0 heterocycles. The van der Waals surface area contributed by atoms with Crippen LogP contribution >= 0.6 is 0 Å². The lowest BCUT2D eigenvalue weighted by molar-refractivity contribution is -0.145. The van der Waals surface area contributed by atoms with Gasteiger partial charge in [0.2, 0.25) is 11.8 Å². The van der Waals surface area contributed by atoms with E-state index in [-0.39, 0.29) is 13.1 Å². The molecule has 0 aliphatic rings. The molecule has 6 N–H and O–H groups in total. The lowest BCUT2D eigenvalue weighted by Crippen LogP contribution is -2.48. The molecular weight excluding hydrogens is 384 g/mol. The predicted molar refractivity (Wildman–Crippen MR) is 89.4 cm³/mol. The van der Waals surface area contributed by atoms with Gasteiger partial charge in [0.25, 0.3) is 0 Å². The molecule has 0 fully saturated rings. The summed E-state index contributed by atoms with van der Waals surface area (Å²) in [6.45, 7) is -3.77. The van der Waals surface area contributed by atoms with Gasteiger partial charge in [-0.25, -0.2) is 0 Å². The van der Waals surface area contributed by atoms with E-state index in [0.717, 1.165) is 4.90 Å². The zero-order valence-electron chi connectivity index (χ0n) is 14.8. The van der Waals surface area contributed by atoms with Crippen LogP contribution in [0.2, 0.25) is 0 Å². The summed E-state index contributed by atoms with van der Waals surface area (Å²) in [6, 6.07) is 0. The maximum absolute atomic E-state index is 11.9. The third kappa shape index (κ3) is 13.0. The molecule has 14 nitrogen and oxygen atoms in total. The second-order valence-electron chi connectivity index (χ2n) is 5.49. The molecular formula is C14H22N4O10. The van der Waals surface area contributed by atoms with Gasteiger partial charge in [0, 0.05) is 13.1 Å². The molecule has 0 aromatic carbocycles. The van der Waals surface area contributed by atoms with Crippen molar-refractivity contribution in [3.05, 3.63) is 0 Å². The van der Waals surface area contributed by atoms with Gasteiger partial charge in [-0.05, 0) is 0 Å². The van der Waals surface area contributed by atoms with E-state index >= 15 is 0 Å². The number of carbonyl (C=O) groups excluding carboxylic acids is 2. The van der Waals surface area contributed by atoms with Crippen molar-refractivity contribution in [1.29, 1.82) is 0 Å². The number of carbonyl (C=O) groups is 6.